The molecule has 0 saturated carbocycles. The van der Waals surface area contributed by atoms with E-state index in [1.165, 1.54) is 6.20 Å². The van der Waals surface area contributed by atoms with E-state index in [1.54, 1.807) is 26.5 Å². The number of nitrogens with one attached hydrogen (secondary N) is 1. The van der Waals surface area contributed by atoms with E-state index in [-0.39, 0.29) is 5.56 Å². The molecule has 0 fully saturated rings. The molecule has 5 nitrogen and oxygen atoms in total. The van der Waals surface area contributed by atoms with Crippen LogP contribution in [0.1, 0.15) is 0 Å². The van der Waals surface area contributed by atoms with E-state index < -0.39 is 0 Å². The monoisotopic (exact) mass is 232 g/mol. The molecule has 0 aliphatic heterocycles. The fraction of sp³-hybridized carbons (Fsp3) is 0.167. The fourth-order valence-electron chi connectivity index (χ4n) is 1.50. The predicted octanol–water partition coefficient (Wildman–Crippen LogP) is 1.45. The highest BCUT2D eigenvalue weighted by Gasteiger charge is 2.08. The van der Waals surface area contributed by atoms with E-state index in [0.29, 0.717) is 17.2 Å². The zero-order valence-corrected chi connectivity index (χ0v) is 9.56. The second kappa shape index (κ2) is 4.69. The van der Waals surface area contributed by atoms with Crippen molar-refractivity contribution in [3.63, 3.8) is 0 Å². The van der Waals surface area contributed by atoms with Crippen LogP contribution >= 0.6 is 0 Å². The maximum Gasteiger partial charge on any atom is 0.266 e. The first-order chi connectivity index (χ1) is 8.24. The Labute approximate surface area is 98.0 Å². The Kier molecular flexibility index (Phi) is 3.09. The van der Waals surface area contributed by atoms with Gasteiger partial charge in [0.2, 0.25) is 0 Å². The van der Waals surface area contributed by atoms with Gasteiger partial charge >= 0.3 is 0 Å². The third-order valence-corrected chi connectivity index (χ3v) is 2.36. The van der Waals surface area contributed by atoms with Crippen molar-refractivity contribution < 1.29 is 9.47 Å². The second-order valence-electron chi connectivity index (χ2n) is 3.36. The lowest BCUT2D eigenvalue weighted by Crippen LogP contribution is -2.04. The number of benzene rings is 1. The first kappa shape index (κ1) is 11.2. The standard InChI is InChI=1S/C12H12N2O3/c1-16-8-3-4-9(11(5-8)17-2)10-6-14-12(15)7-13-10/h3-7H,1-2H3,(H,14,15). The van der Waals surface area contributed by atoms with Crippen molar-refractivity contribution in [2.45, 2.75) is 0 Å². The molecular weight excluding hydrogens is 220 g/mol. The van der Waals surface area contributed by atoms with Crippen LogP contribution in [0, 0.1) is 0 Å². The molecule has 0 spiro atoms. The number of hydrogen-bond acceptors (Lipinski definition) is 4. The third-order valence-electron chi connectivity index (χ3n) is 2.36. The summed E-state index contributed by atoms with van der Waals surface area (Å²) >= 11 is 0. The van der Waals surface area contributed by atoms with Gasteiger partial charge in [0.25, 0.3) is 5.56 Å². The maximum absolute atomic E-state index is 10.9. The molecule has 0 amide bonds. The third kappa shape index (κ3) is 2.28. The lowest BCUT2D eigenvalue weighted by Gasteiger charge is -2.09. The highest BCUT2D eigenvalue weighted by Crippen LogP contribution is 2.31. The SMILES string of the molecule is COc1ccc(-c2c[nH]c(=O)cn2)c(OC)c1. The number of nitrogens with zero attached hydrogens (tertiary/aromatic N) is 1. The normalized spacial score (nSPS) is 10.0. The first-order valence-electron chi connectivity index (χ1n) is 5.01. The van der Waals surface area contributed by atoms with Gasteiger partial charge in [-0.05, 0) is 12.1 Å². The Balaban J connectivity index is 2.51. The van der Waals surface area contributed by atoms with E-state index in [0.717, 1.165) is 5.56 Å². The topological polar surface area (TPSA) is 64.2 Å². The van der Waals surface area contributed by atoms with Gasteiger partial charge in [0.05, 0.1) is 26.1 Å². The van der Waals surface area contributed by atoms with Crippen LogP contribution in [0.15, 0.2) is 35.4 Å². The molecule has 0 aliphatic carbocycles. The van der Waals surface area contributed by atoms with Crippen LogP contribution in [-0.2, 0) is 0 Å². The number of methoxy groups -OCH3 is 2. The fourth-order valence-corrected chi connectivity index (χ4v) is 1.50. The number of aromatic nitrogens is 2. The van der Waals surface area contributed by atoms with Gasteiger partial charge in [-0.25, -0.2) is 4.98 Å². The van der Waals surface area contributed by atoms with E-state index in [1.807, 2.05) is 12.1 Å². The first-order valence-corrected chi connectivity index (χ1v) is 5.01. The van der Waals surface area contributed by atoms with E-state index >= 15 is 0 Å². The molecule has 1 heterocycles. The van der Waals surface area contributed by atoms with Gasteiger partial charge in [-0.15, -0.1) is 0 Å². The molecule has 17 heavy (non-hydrogen) atoms. The van der Waals surface area contributed by atoms with Crippen molar-refractivity contribution >= 4 is 0 Å². The molecule has 2 rings (SSSR count). The van der Waals surface area contributed by atoms with E-state index in [4.69, 9.17) is 9.47 Å². The Bertz CT molecular complexity index is 558. The number of ether oxygens (including phenoxy) is 2. The van der Waals surface area contributed by atoms with Gasteiger partial charge in [0.15, 0.2) is 0 Å². The molecule has 0 bridgehead atoms. The van der Waals surface area contributed by atoms with Gasteiger partial charge in [0.1, 0.15) is 11.5 Å². The number of H-pyrrole nitrogens is 1. The molecule has 5 heteroatoms. The van der Waals surface area contributed by atoms with Crippen molar-refractivity contribution in [3.8, 4) is 22.8 Å². The summed E-state index contributed by atoms with van der Waals surface area (Å²) in [6, 6.07) is 5.41. The van der Waals surface area contributed by atoms with Crippen molar-refractivity contribution in [2.24, 2.45) is 0 Å². The molecule has 88 valence electrons. The van der Waals surface area contributed by atoms with Gasteiger partial charge in [-0.2, -0.15) is 0 Å². The molecular formula is C12H12N2O3. The largest absolute Gasteiger partial charge is 0.497 e. The molecule has 1 aromatic carbocycles. The quantitative estimate of drug-likeness (QED) is 0.870. The van der Waals surface area contributed by atoms with Crippen LogP contribution in [-0.4, -0.2) is 24.2 Å². The highest BCUT2D eigenvalue weighted by molar-refractivity contribution is 5.67. The van der Waals surface area contributed by atoms with Crippen LogP contribution in [0.3, 0.4) is 0 Å². The summed E-state index contributed by atoms with van der Waals surface area (Å²) in [7, 11) is 3.16. The maximum atomic E-state index is 10.9. The zero-order chi connectivity index (χ0) is 12.3. The molecule has 0 aliphatic rings. The van der Waals surface area contributed by atoms with Gasteiger partial charge in [0, 0.05) is 17.8 Å². The van der Waals surface area contributed by atoms with Crippen molar-refractivity contribution in [3.05, 3.63) is 40.9 Å². The van der Waals surface area contributed by atoms with Crippen LogP contribution in [0.2, 0.25) is 0 Å². The van der Waals surface area contributed by atoms with Crippen LogP contribution in [0.25, 0.3) is 11.3 Å². The summed E-state index contributed by atoms with van der Waals surface area (Å²) in [4.78, 5) is 17.6. The smallest absolute Gasteiger partial charge is 0.266 e. The minimum Gasteiger partial charge on any atom is -0.497 e. The molecule has 0 saturated heterocycles. The summed E-state index contributed by atoms with van der Waals surface area (Å²) in [5.74, 6) is 1.35. The van der Waals surface area contributed by atoms with Crippen molar-refractivity contribution in [1.29, 1.82) is 0 Å². The molecule has 1 N–H and O–H groups in total. The van der Waals surface area contributed by atoms with E-state index in [2.05, 4.69) is 9.97 Å². The summed E-state index contributed by atoms with van der Waals surface area (Å²) in [6.45, 7) is 0. The summed E-state index contributed by atoms with van der Waals surface area (Å²) < 4.78 is 10.4. The Morgan fingerprint density at radius 3 is 2.65 bits per heavy atom. The van der Waals surface area contributed by atoms with Crippen molar-refractivity contribution in [2.75, 3.05) is 14.2 Å². The van der Waals surface area contributed by atoms with Gasteiger partial charge < -0.3 is 14.5 Å². The van der Waals surface area contributed by atoms with Gasteiger partial charge in [-0.3, -0.25) is 4.79 Å². The van der Waals surface area contributed by atoms with Crippen LogP contribution < -0.4 is 15.0 Å². The Morgan fingerprint density at radius 2 is 2.06 bits per heavy atom. The molecule has 0 atom stereocenters. The molecule has 1 aromatic heterocycles. The lowest BCUT2D eigenvalue weighted by atomic mass is 10.1. The predicted molar refractivity (Wildman–Crippen MR) is 63.4 cm³/mol. The lowest BCUT2D eigenvalue weighted by molar-refractivity contribution is 0.395. The summed E-state index contributed by atoms with van der Waals surface area (Å²) in [5, 5.41) is 0. The van der Waals surface area contributed by atoms with Gasteiger partial charge in [-0.1, -0.05) is 0 Å². The van der Waals surface area contributed by atoms with Crippen LogP contribution in [0.4, 0.5) is 0 Å². The van der Waals surface area contributed by atoms with E-state index in [9.17, 15) is 4.79 Å². The molecule has 0 radical (unpaired) electrons. The zero-order valence-electron chi connectivity index (χ0n) is 9.56. The van der Waals surface area contributed by atoms with Crippen LogP contribution in [0.5, 0.6) is 11.5 Å². The minimum absolute atomic E-state index is 0.235. The average molecular weight is 232 g/mol. The van der Waals surface area contributed by atoms with Crippen molar-refractivity contribution in [1.82, 2.24) is 9.97 Å². The molecule has 0 unspecified atom stereocenters. The summed E-state index contributed by atoms with van der Waals surface area (Å²) in [5.41, 5.74) is 1.20. The second-order valence-corrected chi connectivity index (χ2v) is 3.36. The Hall–Kier alpha value is -2.30. The average Bonchev–Trinajstić information content (AvgIpc) is 2.39. The summed E-state index contributed by atoms with van der Waals surface area (Å²) in [6.07, 6.45) is 2.78. The minimum atomic E-state index is -0.235. The Morgan fingerprint density at radius 1 is 1.24 bits per heavy atom. The molecule has 2 aromatic rings. The number of rotatable bonds is 3. The number of aromatic amines is 1. The number of hydrogen-bond donors (Lipinski definition) is 1. The highest BCUT2D eigenvalue weighted by atomic mass is 16.5.